The maximum atomic E-state index is 10.9. The van der Waals surface area contributed by atoms with Crippen molar-refractivity contribution >= 4 is 16.5 Å². The van der Waals surface area contributed by atoms with E-state index in [-0.39, 0.29) is 12.4 Å². The molecule has 0 heterocycles. The van der Waals surface area contributed by atoms with E-state index in [1.165, 1.54) is 0 Å². The maximum absolute atomic E-state index is 10.9. The monoisotopic (exact) mass is 397 g/mol. The van der Waals surface area contributed by atoms with Crippen molar-refractivity contribution in [2.45, 2.75) is 12.1 Å². The smallest absolute Gasteiger partial charge is 0.124 e. The lowest BCUT2D eigenvalue weighted by Gasteiger charge is -2.21. The molecule has 0 aliphatic heterocycles. The van der Waals surface area contributed by atoms with Gasteiger partial charge in [-0.25, -0.2) is 0 Å². The van der Waals surface area contributed by atoms with Gasteiger partial charge in [-0.2, -0.15) is 0 Å². The molecule has 0 amide bonds. The summed E-state index contributed by atoms with van der Waals surface area (Å²) >= 11 is 0. The minimum Gasteiger partial charge on any atom is -0.507 e. The topological polar surface area (TPSA) is 73.1 Å². The Bertz CT molecular complexity index is 1170. The number of rotatable bonds is 6. The van der Waals surface area contributed by atoms with Gasteiger partial charge < -0.3 is 15.3 Å². The molecule has 0 spiro atoms. The second kappa shape index (κ2) is 8.91. The SMILES string of the molecule is OC[C@H](N=C(c1ccccc1O)c1cccc2ccccc12)[C@@H](O)c1ccccc1. The Labute approximate surface area is 175 Å². The van der Waals surface area contributed by atoms with Crippen LogP contribution in [0.25, 0.3) is 10.8 Å². The number of aromatic hydroxyl groups is 1. The Morgan fingerprint density at radius 1 is 0.733 bits per heavy atom. The van der Waals surface area contributed by atoms with Crippen LogP contribution in [0, 0.1) is 0 Å². The van der Waals surface area contributed by atoms with Crippen LogP contribution in [-0.4, -0.2) is 33.7 Å². The zero-order valence-corrected chi connectivity index (χ0v) is 16.4. The number of aliphatic hydroxyl groups excluding tert-OH is 2. The van der Waals surface area contributed by atoms with E-state index in [9.17, 15) is 15.3 Å². The van der Waals surface area contributed by atoms with Crippen LogP contribution < -0.4 is 0 Å². The lowest BCUT2D eigenvalue weighted by atomic mass is 9.95. The molecule has 0 aromatic heterocycles. The van der Waals surface area contributed by atoms with E-state index in [4.69, 9.17) is 4.99 Å². The Kier molecular flexibility index (Phi) is 5.89. The van der Waals surface area contributed by atoms with Crippen LogP contribution in [0.15, 0.2) is 102 Å². The highest BCUT2D eigenvalue weighted by Gasteiger charge is 2.22. The quantitative estimate of drug-likeness (QED) is 0.420. The van der Waals surface area contributed by atoms with Gasteiger partial charge >= 0.3 is 0 Å². The number of hydrogen-bond donors (Lipinski definition) is 3. The molecular formula is C26H23NO3. The van der Waals surface area contributed by atoms with Crippen molar-refractivity contribution in [3.05, 3.63) is 114 Å². The van der Waals surface area contributed by atoms with Gasteiger partial charge in [-0.05, 0) is 28.5 Å². The fraction of sp³-hybridized carbons (Fsp3) is 0.115. The van der Waals surface area contributed by atoms with Crippen LogP contribution in [0.2, 0.25) is 0 Å². The van der Waals surface area contributed by atoms with Crippen molar-refractivity contribution in [2.75, 3.05) is 6.61 Å². The van der Waals surface area contributed by atoms with Crippen LogP contribution in [-0.2, 0) is 0 Å². The average Bonchev–Trinajstić information content (AvgIpc) is 2.80. The van der Waals surface area contributed by atoms with Gasteiger partial charge in [0.05, 0.1) is 12.3 Å². The standard InChI is InChI=1S/C26H23NO3/c28-17-23(26(30)19-10-2-1-3-11-19)27-25(22-14-6-7-16-24(22)29)21-15-8-12-18-9-4-5-13-20(18)21/h1-16,23,26,28-30H,17H2/t23-,26-/m0/s1. The first-order valence-corrected chi connectivity index (χ1v) is 9.87. The molecule has 150 valence electrons. The van der Waals surface area contributed by atoms with Crippen molar-refractivity contribution in [3.63, 3.8) is 0 Å². The van der Waals surface area contributed by atoms with Crippen molar-refractivity contribution < 1.29 is 15.3 Å². The summed E-state index contributed by atoms with van der Waals surface area (Å²) in [6, 6.07) is 29.2. The summed E-state index contributed by atoms with van der Waals surface area (Å²) in [6.45, 7) is -0.335. The van der Waals surface area contributed by atoms with Crippen molar-refractivity contribution in [1.82, 2.24) is 0 Å². The third kappa shape index (κ3) is 3.96. The van der Waals surface area contributed by atoms with Gasteiger partial charge in [-0.15, -0.1) is 0 Å². The molecule has 4 aromatic carbocycles. The van der Waals surface area contributed by atoms with Gasteiger partial charge in [0, 0.05) is 11.1 Å². The molecule has 0 aliphatic rings. The second-order valence-corrected chi connectivity index (χ2v) is 7.13. The van der Waals surface area contributed by atoms with Crippen LogP contribution >= 0.6 is 0 Å². The first-order chi connectivity index (χ1) is 14.7. The van der Waals surface area contributed by atoms with Crippen molar-refractivity contribution in [3.8, 4) is 5.75 Å². The third-order valence-electron chi connectivity index (χ3n) is 5.19. The summed E-state index contributed by atoms with van der Waals surface area (Å²) < 4.78 is 0. The minimum atomic E-state index is -0.980. The fourth-order valence-electron chi connectivity index (χ4n) is 3.64. The predicted molar refractivity (Wildman–Crippen MR) is 120 cm³/mol. The molecule has 4 nitrogen and oxygen atoms in total. The molecule has 30 heavy (non-hydrogen) atoms. The summed E-state index contributed by atoms with van der Waals surface area (Å²) in [6.07, 6.45) is -0.980. The average molecular weight is 397 g/mol. The fourth-order valence-corrected chi connectivity index (χ4v) is 3.64. The van der Waals surface area contributed by atoms with E-state index in [2.05, 4.69) is 0 Å². The van der Waals surface area contributed by atoms with Crippen LogP contribution in [0.3, 0.4) is 0 Å². The first-order valence-electron chi connectivity index (χ1n) is 9.87. The van der Waals surface area contributed by atoms with Gasteiger partial charge in [-0.1, -0.05) is 84.9 Å². The molecule has 0 saturated carbocycles. The molecule has 0 saturated heterocycles. The number of nitrogens with zero attached hydrogens (tertiary/aromatic N) is 1. The van der Waals surface area contributed by atoms with Gasteiger partial charge in [-0.3, -0.25) is 4.99 Å². The lowest BCUT2D eigenvalue weighted by Crippen LogP contribution is -2.23. The number of aliphatic imine (C=N–C) groups is 1. The number of para-hydroxylation sites is 1. The molecule has 0 radical (unpaired) electrons. The number of fused-ring (bicyclic) bond motifs is 1. The molecule has 2 atom stereocenters. The zero-order valence-electron chi connectivity index (χ0n) is 16.4. The highest BCUT2D eigenvalue weighted by atomic mass is 16.3. The summed E-state index contributed by atoms with van der Waals surface area (Å²) in [4.78, 5) is 4.78. The van der Waals surface area contributed by atoms with Crippen molar-refractivity contribution in [2.24, 2.45) is 4.99 Å². The molecular weight excluding hydrogens is 374 g/mol. The summed E-state index contributed by atoms with van der Waals surface area (Å²) in [5.41, 5.74) is 2.58. The van der Waals surface area contributed by atoms with E-state index in [0.717, 1.165) is 16.3 Å². The highest BCUT2D eigenvalue weighted by molar-refractivity contribution is 6.20. The Morgan fingerprint density at radius 2 is 1.37 bits per heavy atom. The number of aliphatic hydroxyl groups is 2. The number of hydrogen-bond acceptors (Lipinski definition) is 4. The Hall–Kier alpha value is -3.47. The van der Waals surface area contributed by atoms with Gasteiger partial charge in [0.15, 0.2) is 0 Å². The highest BCUT2D eigenvalue weighted by Crippen LogP contribution is 2.28. The largest absolute Gasteiger partial charge is 0.507 e. The molecule has 4 heteroatoms. The number of benzene rings is 4. The van der Waals surface area contributed by atoms with E-state index in [1.807, 2.05) is 66.7 Å². The zero-order chi connectivity index (χ0) is 20.9. The second-order valence-electron chi connectivity index (χ2n) is 7.13. The van der Waals surface area contributed by atoms with Gasteiger partial charge in [0.1, 0.15) is 17.9 Å². The maximum Gasteiger partial charge on any atom is 0.124 e. The van der Waals surface area contributed by atoms with E-state index < -0.39 is 12.1 Å². The molecule has 0 unspecified atom stereocenters. The van der Waals surface area contributed by atoms with Gasteiger partial charge in [0.2, 0.25) is 0 Å². The van der Waals surface area contributed by atoms with E-state index in [0.29, 0.717) is 16.8 Å². The Morgan fingerprint density at radius 3 is 2.13 bits per heavy atom. The minimum absolute atomic E-state index is 0.0927. The summed E-state index contributed by atoms with van der Waals surface area (Å²) in [5.74, 6) is 0.0927. The summed E-state index contributed by atoms with van der Waals surface area (Å²) in [7, 11) is 0. The molecule has 4 aromatic rings. The molecule has 0 bridgehead atoms. The molecule has 4 rings (SSSR count). The van der Waals surface area contributed by atoms with E-state index >= 15 is 0 Å². The first kappa shape index (κ1) is 19.8. The molecule has 0 aliphatic carbocycles. The number of phenolic OH excluding ortho intramolecular Hbond substituents is 1. The van der Waals surface area contributed by atoms with Gasteiger partial charge in [0.25, 0.3) is 0 Å². The number of phenols is 1. The third-order valence-corrected chi connectivity index (χ3v) is 5.19. The van der Waals surface area contributed by atoms with Crippen LogP contribution in [0.5, 0.6) is 5.75 Å². The van der Waals surface area contributed by atoms with Crippen LogP contribution in [0.4, 0.5) is 0 Å². The molecule has 3 N–H and O–H groups in total. The molecule has 0 fully saturated rings. The summed E-state index contributed by atoms with van der Waals surface area (Å²) in [5, 5.41) is 33.5. The lowest BCUT2D eigenvalue weighted by molar-refractivity contribution is 0.110. The predicted octanol–water partition coefficient (Wildman–Crippen LogP) is 4.48. The van der Waals surface area contributed by atoms with Crippen LogP contribution in [0.1, 0.15) is 22.8 Å². The Balaban J connectivity index is 1.90. The normalized spacial score (nSPS) is 13.9. The van der Waals surface area contributed by atoms with Crippen molar-refractivity contribution in [1.29, 1.82) is 0 Å². The van der Waals surface area contributed by atoms with E-state index in [1.54, 1.807) is 30.3 Å².